The Morgan fingerprint density at radius 2 is 1.71 bits per heavy atom. The second-order valence-corrected chi connectivity index (χ2v) is 9.18. The highest BCUT2D eigenvalue weighted by Gasteiger charge is 2.38. The lowest BCUT2D eigenvalue weighted by atomic mass is 10.2. The molecule has 0 aromatic heterocycles. The van der Waals surface area contributed by atoms with Crippen LogP contribution < -0.4 is 0 Å². The van der Waals surface area contributed by atoms with Gasteiger partial charge < -0.3 is 19.6 Å². The van der Waals surface area contributed by atoms with Crippen LogP contribution in [0, 0.1) is 0 Å². The van der Waals surface area contributed by atoms with E-state index in [1.807, 2.05) is 26.0 Å². The maximum absolute atomic E-state index is 12.7. The van der Waals surface area contributed by atoms with E-state index in [-0.39, 0.29) is 17.5 Å². The van der Waals surface area contributed by atoms with Crippen LogP contribution in [0.1, 0.15) is 6.42 Å². The van der Waals surface area contributed by atoms with Gasteiger partial charge in [0.1, 0.15) is 0 Å². The SMILES string of the molecule is CN(C)CCN(C(=O)C(=O)N1CCN(C)CC1)C1CCS(=O)(=O)C1. The van der Waals surface area contributed by atoms with Crippen molar-refractivity contribution in [2.75, 3.05) is 71.9 Å². The van der Waals surface area contributed by atoms with Gasteiger partial charge in [0.15, 0.2) is 9.84 Å². The van der Waals surface area contributed by atoms with E-state index in [0.29, 0.717) is 32.6 Å². The van der Waals surface area contributed by atoms with Gasteiger partial charge in [0, 0.05) is 45.3 Å². The monoisotopic (exact) mass is 360 g/mol. The van der Waals surface area contributed by atoms with Crippen LogP contribution >= 0.6 is 0 Å². The first kappa shape index (κ1) is 19.1. The van der Waals surface area contributed by atoms with Crippen LogP contribution in [0.4, 0.5) is 0 Å². The van der Waals surface area contributed by atoms with E-state index in [1.54, 1.807) is 4.90 Å². The lowest BCUT2D eigenvalue weighted by Gasteiger charge is -2.35. The second-order valence-electron chi connectivity index (χ2n) is 6.95. The van der Waals surface area contributed by atoms with E-state index in [4.69, 9.17) is 0 Å². The Hall–Kier alpha value is -1.19. The Kier molecular flexibility index (Phi) is 6.22. The highest BCUT2D eigenvalue weighted by molar-refractivity contribution is 7.91. The molecule has 9 heteroatoms. The van der Waals surface area contributed by atoms with Gasteiger partial charge in [-0.05, 0) is 27.6 Å². The van der Waals surface area contributed by atoms with Gasteiger partial charge in [-0.15, -0.1) is 0 Å². The lowest BCUT2D eigenvalue weighted by Crippen LogP contribution is -2.55. The van der Waals surface area contributed by atoms with Gasteiger partial charge in [-0.1, -0.05) is 0 Å². The Balaban J connectivity index is 2.07. The zero-order valence-electron chi connectivity index (χ0n) is 14.8. The zero-order chi connectivity index (χ0) is 17.9. The smallest absolute Gasteiger partial charge is 0.312 e. The zero-order valence-corrected chi connectivity index (χ0v) is 15.6. The van der Waals surface area contributed by atoms with Crippen molar-refractivity contribution >= 4 is 21.7 Å². The minimum absolute atomic E-state index is 0.0395. The van der Waals surface area contributed by atoms with Crippen molar-refractivity contribution in [1.29, 1.82) is 0 Å². The molecule has 2 aliphatic heterocycles. The molecular formula is C15H28N4O4S. The number of hydrogen-bond acceptors (Lipinski definition) is 6. The van der Waals surface area contributed by atoms with Gasteiger partial charge in [-0.2, -0.15) is 0 Å². The summed E-state index contributed by atoms with van der Waals surface area (Å²) in [6.45, 7) is 3.52. The first-order valence-electron chi connectivity index (χ1n) is 8.33. The molecule has 24 heavy (non-hydrogen) atoms. The number of hydrogen-bond donors (Lipinski definition) is 0. The van der Waals surface area contributed by atoms with E-state index in [2.05, 4.69) is 4.90 Å². The number of rotatable bonds is 4. The molecule has 0 spiro atoms. The molecule has 0 aromatic rings. The van der Waals surface area contributed by atoms with Crippen molar-refractivity contribution in [3.05, 3.63) is 0 Å². The topological polar surface area (TPSA) is 81.2 Å². The fourth-order valence-corrected chi connectivity index (χ4v) is 4.78. The number of sulfone groups is 1. The van der Waals surface area contributed by atoms with Crippen LogP contribution in [0.5, 0.6) is 0 Å². The summed E-state index contributed by atoms with van der Waals surface area (Å²) in [7, 11) is 2.64. The van der Waals surface area contributed by atoms with Crippen molar-refractivity contribution in [3.8, 4) is 0 Å². The average molecular weight is 360 g/mol. The fourth-order valence-electron chi connectivity index (χ4n) is 3.05. The molecule has 8 nitrogen and oxygen atoms in total. The third-order valence-electron chi connectivity index (χ3n) is 4.67. The first-order valence-corrected chi connectivity index (χ1v) is 10.2. The van der Waals surface area contributed by atoms with Crippen molar-refractivity contribution in [2.45, 2.75) is 12.5 Å². The number of carbonyl (C=O) groups excluding carboxylic acids is 2. The Bertz CT molecular complexity index is 570. The van der Waals surface area contributed by atoms with Crippen LogP contribution in [0.15, 0.2) is 0 Å². The molecule has 2 aliphatic rings. The molecule has 0 bridgehead atoms. The highest BCUT2D eigenvalue weighted by atomic mass is 32.2. The van der Waals surface area contributed by atoms with E-state index >= 15 is 0 Å². The van der Waals surface area contributed by atoms with Crippen LogP contribution in [0.3, 0.4) is 0 Å². The number of piperazine rings is 1. The summed E-state index contributed by atoms with van der Waals surface area (Å²) in [5.41, 5.74) is 0. The normalized spacial score (nSPS) is 24.3. The molecule has 1 atom stereocenters. The van der Waals surface area contributed by atoms with Gasteiger partial charge >= 0.3 is 11.8 Å². The summed E-state index contributed by atoms with van der Waals surface area (Å²) in [5, 5.41) is 0. The van der Waals surface area contributed by atoms with Crippen LogP contribution in [0.2, 0.25) is 0 Å². The summed E-state index contributed by atoms with van der Waals surface area (Å²) in [5.74, 6) is -1.02. The lowest BCUT2D eigenvalue weighted by molar-refractivity contribution is -0.154. The third-order valence-corrected chi connectivity index (χ3v) is 6.42. The van der Waals surface area contributed by atoms with Crippen molar-refractivity contribution in [3.63, 3.8) is 0 Å². The van der Waals surface area contributed by atoms with Crippen LogP contribution in [-0.4, -0.2) is 118 Å². The number of carbonyl (C=O) groups is 2. The quantitative estimate of drug-likeness (QED) is 0.558. The fraction of sp³-hybridized carbons (Fsp3) is 0.867. The van der Waals surface area contributed by atoms with E-state index in [1.165, 1.54) is 4.90 Å². The Morgan fingerprint density at radius 1 is 1.08 bits per heavy atom. The molecule has 0 N–H and O–H groups in total. The predicted molar refractivity (Wildman–Crippen MR) is 91.4 cm³/mol. The molecule has 0 aliphatic carbocycles. The summed E-state index contributed by atoms with van der Waals surface area (Å²) < 4.78 is 23.5. The maximum atomic E-state index is 12.7. The van der Waals surface area contributed by atoms with E-state index in [0.717, 1.165) is 13.1 Å². The summed E-state index contributed by atoms with van der Waals surface area (Å²) in [6.07, 6.45) is 0.414. The van der Waals surface area contributed by atoms with E-state index < -0.39 is 21.7 Å². The first-order chi connectivity index (χ1) is 11.2. The predicted octanol–water partition coefficient (Wildman–Crippen LogP) is -1.66. The summed E-state index contributed by atoms with van der Waals surface area (Å²) >= 11 is 0. The second kappa shape index (κ2) is 7.79. The van der Waals surface area contributed by atoms with Gasteiger partial charge in [-0.25, -0.2) is 8.42 Å². The number of likely N-dealkylation sites (N-methyl/N-ethyl adjacent to an activating group) is 2. The van der Waals surface area contributed by atoms with Crippen molar-refractivity contribution in [1.82, 2.24) is 19.6 Å². The Labute approximate surface area is 144 Å². The standard InChI is InChI=1S/C15H28N4O4S/c1-16(2)5-10-19(13-4-11-24(22,23)12-13)15(21)14(20)18-8-6-17(3)7-9-18/h13H,4-12H2,1-3H3. The molecule has 138 valence electrons. The summed E-state index contributed by atoms with van der Waals surface area (Å²) in [4.78, 5) is 32.4. The molecular weight excluding hydrogens is 332 g/mol. The molecule has 1 unspecified atom stereocenters. The van der Waals surface area contributed by atoms with Gasteiger partial charge in [-0.3, -0.25) is 9.59 Å². The van der Waals surface area contributed by atoms with Crippen molar-refractivity contribution in [2.24, 2.45) is 0 Å². The van der Waals surface area contributed by atoms with Crippen LogP contribution in [0.25, 0.3) is 0 Å². The molecule has 0 radical (unpaired) electrons. The van der Waals surface area contributed by atoms with E-state index in [9.17, 15) is 18.0 Å². The molecule has 2 fully saturated rings. The molecule has 2 saturated heterocycles. The maximum Gasteiger partial charge on any atom is 0.312 e. The van der Waals surface area contributed by atoms with Crippen molar-refractivity contribution < 1.29 is 18.0 Å². The Morgan fingerprint density at radius 3 is 2.21 bits per heavy atom. The molecule has 2 rings (SSSR count). The van der Waals surface area contributed by atoms with Gasteiger partial charge in [0.2, 0.25) is 0 Å². The third kappa shape index (κ3) is 4.90. The van der Waals surface area contributed by atoms with Gasteiger partial charge in [0.25, 0.3) is 0 Å². The average Bonchev–Trinajstić information content (AvgIpc) is 2.87. The minimum atomic E-state index is -3.11. The number of nitrogens with zero attached hydrogens (tertiary/aromatic N) is 4. The largest absolute Gasteiger partial charge is 0.332 e. The molecule has 2 heterocycles. The van der Waals surface area contributed by atoms with Crippen LogP contribution in [-0.2, 0) is 19.4 Å². The molecule has 0 aromatic carbocycles. The highest BCUT2D eigenvalue weighted by Crippen LogP contribution is 2.18. The summed E-state index contributed by atoms with van der Waals surface area (Å²) in [6, 6.07) is -0.390. The molecule has 2 amide bonds. The molecule has 0 saturated carbocycles. The van der Waals surface area contributed by atoms with Gasteiger partial charge in [0.05, 0.1) is 11.5 Å². The minimum Gasteiger partial charge on any atom is -0.332 e. The number of amides is 2.